The molecular formula is C19H22Br2N4. The summed E-state index contributed by atoms with van der Waals surface area (Å²) >= 11 is 7.02. The molecule has 0 unspecified atom stereocenters. The average Bonchev–Trinajstić information content (AvgIpc) is 3.27. The van der Waals surface area contributed by atoms with Gasteiger partial charge in [0.2, 0.25) is 0 Å². The fraction of sp³-hybridized carbons (Fsp3) is 0.368. The number of anilines is 2. The molecule has 4 nitrogen and oxygen atoms in total. The lowest BCUT2D eigenvalue weighted by Gasteiger charge is -2.25. The third-order valence-electron chi connectivity index (χ3n) is 4.90. The minimum Gasteiger partial charge on any atom is -0.357 e. The van der Waals surface area contributed by atoms with E-state index in [9.17, 15) is 0 Å². The van der Waals surface area contributed by atoms with Crippen molar-refractivity contribution in [3.05, 3.63) is 57.5 Å². The van der Waals surface area contributed by atoms with E-state index in [-0.39, 0.29) is 0 Å². The van der Waals surface area contributed by atoms with Crippen molar-refractivity contribution in [2.45, 2.75) is 0 Å². The molecule has 0 aliphatic carbocycles. The van der Waals surface area contributed by atoms with Gasteiger partial charge >= 0.3 is 0 Å². The molecule has 4 rings (SSSR count). The first-order valence-electron chi connectivity index (χ1n) is 8.63. The van der Waals surface area contributed by atoms with Gasteiger partial charge in [0, 0.05) is 46.5 Å². The number of halogens is 2. The van der Waals surface area contributed by atoms with Crippen molar-refractivity contribution in [2.75, 3.05) is 56.0 Å². The zero-order valence-electron chi connectivity index (χ0n) is 14.1. The van der Waals surface area contributed by atoms with E-state index in [0.29, 0.717) is 0 Å². The summed E-state index contributed by atoms with van der Waals surface area (Å²) in [5.41, 5.74) is 2.62. The molecule has 0 spiro atoms. The molecule has 0 amide bonds. The molecule has 2 aliphatic heterocycles. The van der Waals surface area contributed by atoms with Crippen LogP contribution >= 0.6 is 31.9 Å². The third-order valence-corrected chi connectivity index (χ3v) is 5.95. The number of hydrogen-bond acceptors (Lipinski definition) is 4. The summed E-state index contributed by atoms with van der Waals surface area (Å²) in [5, 5.41) is 0. The van der Waals surface area contributed by atoms with Gasteiger partial charge in [-0.1, -0.05) is 31.9 Å². The smallest absolute Gasteiger partial charge is 0.0718 e. The van der Waals surface area contributed by atoms with Crippen LogP contribution in [0.3, 0.4) is 0 Å². The molecule has 2 heterocycles. The van der Waals surface area contributed by atoms with Crippen LogP contribution in [-0.2, 0) is 0 Å². The second-order valence-electron chi connectivity index (χ2n) is 6.69. The molecule has 2 fully saturated rings. The highest BCUT2D eigenvalue weighted by Crippen LogP contribution is 2.23. The Kier molecular flexibility index (Phi) is 5.31. The SMILES string of the molecule is Brc1ccc(N2CCN(CN3CCN(c4ccc(Br)cc4)C3)C2)cc1. The van der Waals surface area contributed by atoms with Crippen LogP contribution in [0, 0.1) is 0 Å². The van der Waals surface area contributed by atoms with Crippen molar-refractivity contribution in [1.29, 1.82) is 0 Å². The largest absolute Gasteiger partial charge is 0.357 e. The number of nitrogens with zero attached hydrogens (tertiary/aromatic N) is 4. The second kappa shape index (κ2) is 7.66. The van der Waals surface area contributed by atoms with Gasteiger partial charge in [-0.3, -0.25) is 9.80 Å². The normalized spacial score (nSPS) is 19.1. The quantitative estimate of drug-likeness (QED) is 0.675. The van der Waals surface area contributed by atoms with Crippen LogP contribution in [0.1, 0.15) is 0 Å². The van der Waals surface area contributed by atoms with Gasteiger partial charge in [-0.05, 0) is 48.5 Å². The van der Waals surface area contributed by atoms with E-state index in [4.69, 9.17) is 0 Å². The minimum atomic E-state index is 1.01. The Morgan fingerprint density at radius 2 is 1.00 bits per heavy atom. The van der Waals surface area contributed by atoms with E-state index in [1.165, 1.54) is 11.4 Å². The number of benzene rings is 2. The number of hydrogen-bond donors (Lipinski definition) is 0. The summed E-state index contributed by atoms with van der Waals surface area (Å²) < 4.78 is 2.27. The van der Waals surface area contributed by atoms with Crippen molar-refractivity contribution in [2.24, 2.45) is 0 Å². The lowest BCUT2D eigenvalue weighted by Crippen LogP contribution is -2.37. The van der Waals surface area contributed by atoms with Crippen LogP contribution in [0.5, 0.6) is 0 Å². The van der Waals surface area contributed by atoms with Crippen LogP contribution in [0.25, 0.3) is 0 Å². The Hall–Kier alpha value is -1.08. The van der Waals surface area contributed by atoms with Crippen LogP contribution in [0.2, 0.25) is 0 Å². The predicted octanol–water partition coefficient (Wildman–Crippen LogP) is 4.03. The third kappa shape index (κ3) is 4.19. The summed E-state index contributed by atoms with van der Waals surface area (Å²) in [5.74, 6) is 0. The van der Waals surface area contributed by atoms with Gasteiger partial charge in [0.15, 0.2) is 0 Å². The Balaban J connectivity index is 1.30. The van der Waals surface area contributed by atoms with Gasteiger partial charge in [0.05, 0.1) is 20.0 Å². The maximum absolute atomic E-state index is 3.51. The fourth-order valence-corrected chi connectivity index (χ4v) is 4.06. The Morgan fingerprint density at radius 1 is 0.600 bits per heavy atom. The molecule has 2 aliphatic rings. The molecule has 2 aromatic rings. The Labute approximate surface area is 166 Å². The van der Waals surface area contributed by atoms with E-state index in [2.05, 4.69) is 100.0 Å². The second-order valence-corrected chi connectivity index (χ2v) is 8.52. The standard InChI is InChI=1S/C19H22Br2N4/c20-16-1-5-18(6-2-16)24-11-9-22(14-24)13-23-10-12-25(15-23)19-7-3-17(21)4-8-19/h1-8H,9-15H2. The summed E-state index contributed by atoms with van der Waals surface area (Å²) in [7, 11) is 0. The highest BCUT2D eigenvalue weighted by atomic mass is 79.9. The molecule has 132 valence electrons. The molecule has 25 heavy (non-hydrogen) atoms. The van der Waals surface area contributed by atoms with Gasteiger partial charge in [0.1, 0.15) is 0 Å². The lowest BCUT2D eigenvalue weighted by atomic mass is 10.3. The van der Waals surface area contributed by atoms with Crippen LogP contribution in [-0.4, -0.2) is 56.0 Å². The van der Waals surface area contributed by atoms with Crippen molar-refractivity contribution >= 4 is 43.2 Å². The first-order chi connectivity index (χ1) is 12.2. The first-order valence-corrected chi connectivity index (χ1v) is 10.2. The van der Waals surface area contributed by atoms with E-state index in [0.717, 1.165) is 55.1 Å². The topological polar surface area (TPSA) is 13.0 Å². The van der Waals surface area contributed by atoms with E-state index < -0.39 is 0 Å². The van der Waals surface area contributed by atoms with Gasteiger partial charge in [0.25, 0.3) is 0 Å². The summed E-state index contributed by atoms with van der Waals surface area (Å²) in [6.07, 6.45) is 0. The van der Waals surface area contributed by atoms with Gasteiger partial charge in [-0.15, -0.1) is 0 Å². The maximum atomic E-state index is 3.51. The van der Waals surface area contributed by atoms with Crippen molar-refractivity contribution in [3.8, 4) is 0 Å². The summed E-state index contributed by atoms with van der Waals surface area (Å²) in [6.45, 7) is 7.53. The molecule has 0 saturated carbocycles. The van der Waals surface area contributed by atoms with Crippen LogP contribution in [0.4, 0.5) is 11.4 Å². The van der Waals surface area contributed by atoms with E-state index in [1.54, 1.807) is 0 Å². The van der Waals surface area contributed by atoms with Gasteiger partial charge in [-0.2, -0.15) is 0 Å². The number of rotatable bonds is 4. The summed E-state index contributed by atoms with van der Waals surface area (Å²) in [6, 6.07) is 17.3. The molecule has 0 bridgehead atoms. The first kappa shape index (κ1) is 17.3. The van der Waals surface area contributed by atoms with Gasteiger partial charge in [-0.25, -0.2) is 0 Å². The molecule has 2 aromatic carbocycles. The lowest BCUT2D eigenvalue weighted by molar-refractivity contribution is 0.184. The molecular weight excluding hydrogens is 444 g/mol. The zero-order chi connectivity index (χ0) is 17.2. The molecule has 0 radical (unpaired) electrons. The van der Waals surface area contributed by atoms with Crippen LogP contribution < -0.4 is 9.80 Å². The predicted molar refractivity (Wildman–Crippen MR) is 111 cm³/mol. The average molecular weight is 466 g/mol. The Bertz CT molecular complexity index is 643. The zero-order valence-corrected chi connectivity index (χ0v) is 17.3. The fourth-order valence-electron chi connectivity index (χ4n) is 3.53. The summed E-state index contributed by atoms with van der Waals surface area (Å²) in [4.78, 5) is 9.98. The van der Waals surface area contributed by atoms with Crippen molar-refractivity contribution < 1.29 is 0 Å². The minimum absolute atomic E-state index is 1.01. The van der Waals surface area contributed by atoms with E-state index in [1.807, 2.05) is 0 Å². The van der Waals surface area contributed by atoms with Crippen molar-refractivity contribution in [3.63, 3.8) is 0 Å². The molecule has 6 heteroatoms. The van der Waals surface area contributed by atoms with Gasteiger partial charge < -0.3 is 9.80 Å². The maximum Gasteiger partial charge on any atom is 0.0718 e. The molecule has 0 aromatic heterocycles. The van der Waals surface area contributed by atoms with Crippen molar-refractivity contribution in [1.82, 2.24) is 9.80 Å². The molecule has 0 N–H and O–H groups in total. The highest BCUT2D eigenvalue weighted by Gasteiger charge is 2.26. The Morgan fingerprint density at radius 3 is 1.40 bits per heavy atom. The van der Waals surface area contributed by atoms with Crippen LogP contribution in [0.15, 0.2) is 57.5 Å². The monoisotopic (exact) mass is 464 g/mol. The highest BCUT2D eigenvalue weighted by molar-refractivity contribution is 9.10. The van der Waals surface area contributed by atoms with E-state index >= 15 is 0 Å². The molecule has 0 atom stereocenters. The molecule has 2 saturated heterocycles.